The SMILES string of the molecule is Cc1cccc(Cl)c1NCc1cc(Br)ccc1Cl. The summed E-state index contributed by atoms with van der Waals surface area (Å²) in [5, 5.41) is 4.80. The third-order valence-electron chi connectivity index (χ3n) is 2.69. The number of aryl methyl sites for hydroxylation is 1. The van der Waals surface area contributed by atoms with Gasteiger partial charge < -0.3 is 5.32 Å². The zero-order valence-corrected chi connectivity index (χ0v) is 12.9. The minimum atomic E-state index is 0.642. The van der Waals surface area contributed by atoms with Crippen LogP contribution in [0.25, 0.3) is 0 Å². The van der Waals surface area contributed by atoms with E-state index in [9.17, 15) is 0 Å². The first kappa shape index (κ1) is 13.7. The maximum absolute atomic E-state index is 6.16. The van der Waals surface area contributed by atoms with Crippen LogP contribution < -0.4 is 5.32 Å². The van der Waals surface area contributed by atoms with E-state index in [1.807, 2.05) is 43.3 Å². The average molecular weight is 345 g/mol. The molecule has 0 heterocycles. The second-order valence-corrected chi connectivity index (χ2v) is 5.75. The molecule has 4 heteroatoms. The highest BCUT2D eigenvalue weighted by atomic mass is 79.9. The molecular formula is C14H12BrCl2N. The molecule has 1 nitrogen and oxygen atoms in total. The van der Waals surface area contributed by atoms with Crippen molar-refractivity contribution in [2.24, 2.45) is 0 Å². The highest BCUT2D eigenvalue weighted by Crippen LogP contribution is 2.27. The molecule has 0 bridgehead atoms. The molecule has 0 atom stereocenters. The van der Waals surface area contributed by atoms with Gasteiger partial charge in [0.2, 0.25) is 0 Å². The maximum atomic E-state index is 6.16. The molecular weight excluding hydrogens is 333 g/mol. The van der Waals surface area contributed by atoms with Crippen LogP contribution in [-0.4, -0.2) is 0 Å². The molecule has 0 unspecified atom stereocenters. The summed E-state index contributed by atoms with van der Waals surface area (Å²) in [6.45, 7) is 2.67. The van der Waals surface area contributed by atoms with E-state index in [2.05, 4.69) is 21.2 Å². The minimum Gasteiger partial charge on any atom is -0.379 e. The van der Waals surface area contributed by atoms with E-state index in [1.54, 1.807) is 0 Å². The van der Waals surface area contributed by atoms with Gasteiger partial charge >= 0.3 is 0 Å². The molecule has 0 aliphatic rings. The zero-order valence-electron chi connectivity index (χ0n) is 9.81. The van der Waals surface area contributed by atoms with Crippen molar-refractivity contribution in [3.05, 3.63) is 62.0 Å². The van der Waals surface area contributed by atoms with Crippen molar-refractivity contribution in [1.82, 2.24) is 0 Å². The van der Waals surface area contributed by atoms with E-state index in [1.165, 1.54) is 0 Å². The lowest BCUT2D eigenvalue weighted by Gasteiger charge is -2.12. The molecule has 0 spiro atoms. The van der Waals surface area contributed by atoms with Crippen molar-refractivity contribution >= 4 is 44.8 Å². The third-order valence-corrected chi connectivity index (χ3v) is 3.86. The van der Waals surface area contributed by atoms with Crippen LogP contribution in [0.2, 0.25) is 10.0 Å². The van der Waals surface area contributed by atoms with Crippen LogP contribution in [0, 0.1) is 6.92 Å². The molecule has 2 rings (SSSR count). The van der Waals surface area contributed by atoms with Crippen LogP contribution >= 0.6 is 39.1 Å². The Hall–Kier alpha value is -0.700. The second kappa shape index (κ2) is 5.96. The van der Waals surface area contributed by atoms with Gasteiger partial charge in [-0.3, -0.25) is 0 Å². The number of hydrogen-bond acceptors (Lipinski definition) is 1. The lowest BCUT2D eigenvalue weighted by Crippen LogP contribution is -2.02. The molecule has 2 aromatic rings. The van der Waals surface area contributed by atoms with Gasteiger partial charge in [-0.1, -0.05) is 51.3 Å². The van der Waals surface area contributed by atoms with Crippen LogP contribution in [0.15, 0.2) is 40.9 Å². The summed E-state index contributed by atoms with van der Waals surface area (Å²) in [4.78, 5) is 0. The molecule has 0 radical (unpaired) electrons. The van der Waals surface area contributed by atoms with Gasteiger partial charge in [0.1, 0.15) is 0 Å². The fourth-order valence-corrected chi connectivity index (χ4v) is 2.60. The molecule has 94 valence electrons. The topological polar surface area (TPSA) is 12.0 Å². The molecule has 0 aliphatic heterocycles. The van der Waals surface area contributed by atoms with Crippen LogP contribution in [0.5, 0.6) is 0 Å². The summed E-state index contributed by atoms with van der Waals surface area (Å²) >= 11 is 15.7. The van der Waals surface area contributed by atoms with Crippen molar-refractivity contribution in [2.75, 3.05) is 5.32 Å². The molecule has 18 heavy (non-hydrogen) atoms. The quantitative estimate of drug-likeness (QED) is 0.755. The van der Waals surface area contributed by atoms with Gasteiger partial charge in [-0.2, -0.15) is 0 Å². The predicted octanol–water partition coefficient (Wildman–Crippen LogP) is 5.68. The number of rotatable bonds is 3. The Bertz CT molecular complexity index is 549. The predicted molar refractivity (Wildman–Crippen MR) is 82.7 cm³/mol. The molecule has 0 fully saturated rings. The smallest absolute Gasteiger partial charge is 0.0640 e. The van der Waals surface area contributed by atoms with Crippen LogP contribution in [0.1, 0.15) is 11.1 Å². The molecule has 0 aliphatic carbocycles. The van der Waals surface area contributed by atoms with Gasteiger partial charge in [-0.05, 0) is 42.3 Å². The van der Waals surface area contributed by atoms with Gasteiger partial charge in [0.25, 0.3) is 0 Å². The van der Waals surface area contributed by atoms with Gasteiger partial charge in [-0.15, -0.1) is 0 Å². The highest BCUT2D eigenvalue weighted by Gasteiger charge is 2.05. The van der Waals surface area contributed by atoms with E-state index in [4.69, 9.17) is 23.2 Å². The number of anilines is 1. The normalized spacial score (nSPS) is 10.4. The molecule has 0 saturated carbocycles. The van der Waals surface area contributed by atoms with Crippen LogP contribution in [0.4, 0.5) is 5.69 Å². The molecule has 1 N–H and O–H groups in total. The maximum Gasteiger partial charge on any atom is 0.0640 e. The number of para-hydroxylation sites is 1. The summed E-state index contributed by atoms with van der Waals surface area (Å²) in [6, 6.07) is 11.6. The van der Waals surface area contributed by atoms with Crippen molar-refractivity contribution in [1.29, 1.82) is 0 Å². The Labute approximate surface area is 125 Å². The minimum absolute atomic E-state index is 0.642. The summed E-state index contributed by atoms with van der Waals surface area (Å²) in [7, 11) is 0. The van der Waals surface area contributed by atoms with Crippen LogP contribution in [0.3, 0.4) is 0 Å². The number of halogens is 3. The molecule has 2 aromatic carbocycles. The first-order chi connectivity index (χ1) is 8.58. The molecule has 0 amide bonds. The van der Waals surface area contributed by atoms with E-state index < -0.39 is 0 Å². The summed E-state index contributed by atoms with van der Waals surface area (Å²) in [5.74, 6) is 0. The molecule has 0 aromatic heterocycles. The van der Waals surface area contributed by atoms with Gasteiger partial charge in [0.15, 0.2) is 0 Å². The lowest BCUT2D eigenvalue weighted by atomic mass is 10.1. The van der Waals surface area contributed by atoms with E-state index in [-0.39, 0.29) is 0 Å². The number of benzene rings is 2. The van der Waals surface area contributed by atoms with Crippen LogP contribution in [-0.2, 0) is 6.54 Å². The summed E-state index contributed by atoms with van der Waals surface area (Å²) in [6.07, 6.45) is 0. The Balaban J connectivity index is 2.19. The van der Waals surface area contributed by atoms with Crippen molar-refractivity contribution in [2.45, 2.75) is 13.5 Å². The average Bonchev–Trinajstić information content (AvgIpc) is 2.33. The van der Waals surface area contributed by atoms with Gasteiger partial charge in [0.05, 0.1) is 10.7 Å². The Kier molecular flexibility index (Phi) is 4.55. The third kappa shape index (κ3) is 3.19. The van der Waals surface area contributed by atoms with Crippen molar-refractivity contribution in [3.8, 4) is 0 Å². The standard InChI is InChI=1S/C14H12BrCl2N/c1-9-3-2-4-13(17)14(9)18-8-10-7-11(15)5-6-12(10)16/h2-7,18H,8H2,1H3. The first-order valence-corrected chi connectivity index (χ1v) is 7.06. The second-order valence-electron chi connectivity index (χ2n) is 4.02. The van der Waals surface area contributed by atoms with E-state index in [0.29, 0.717) is 6.54 Å². The number of hydrogen-bond donors (Lipinski definition) is 1. The fraction of sp³-hybridized carbons (Fsp3) is 0.143. The number of nitrogens with one attached hydrogen (secondary N) is 1. The Morgan fingerprint density at radius 3 is 2.61 bits per heavy atom. The Morgan fingerprint density at radius 1 is 1.11 bits per heavy atom. The monoisotopic (exact) mass is 343 g/mol. The van der Waals surface area contributed by atoms with Gasteiger partial charge in [0, 0.05) is 16.0 Å². The van der Waals surface area contributed by atoms with Crippen molar-refractivity contribution < 1.29 is 0 Å². The van der Waals surface area contributed by atoms with E-state index in [0.717, 1.165) is 31.3 Å². The Morgan fingerprint density at radius 2 is 1.89 bits per heavy atom. The molecule has 0 saturated heterocycles. The van der Waals surface area contributed by atoms with Gasteiger partial charge in [-0.25, -0.2) is 0 Å². The zero-order chi connectivity index (χ0) is 13.1. The summed E-state index contributed by atoms with van der Waals surface area (Å²) < 4.78 is 1.01. The lowest BCUT2D eigenvalue weighted by molar-refractivity contribution is 1.14. The fourth-order valence-electron chi connectivity index (χ4n) is 1.72. The van der Waals surface area contributed by atoms with E-state index >= 15 is 0 Å². The highest BCUT2D eigenvalue weighted by molar-refractivity contribution is 9.10. The first-order valence-electron chi connectivity index (χ1n) is 5.51. The summed E-state index contributed by atoms with van der Waals surface area (Å²) in [5.41, 5.74) is 3.11. The van der Waals surface area contributed by atoms with Crippen molar-refractivity contribution in [3.63, 3.8) is 0 Å². The largest absolute Gasteiger partial charge is 0.379 e.